The van der Waals surface area contributed by atoms with Gasteiger partial charge < -0.3 is 10.1 Å². The summed E-state index contributed by atoms with van der Waals surface area (Å²) in [5.74, 6) is 0.621. The normalized spacial score (nSPS) is 29.8. The van der Waals surface area contributed by atoms with Crippen LogP contribution in [0.25, 0.3) is 0 Å². The van der Waals surface area contributed by atoms with E-state index in [1.54, 1.807) is 11.3 Å². The first-order chi connectivity index (χ1) is 7.83. The van der Waals surface area contributed by atoms with E-state index in [9.17, 15) is 0 Å². The van der Waals surface area contributed by atoms with Gasteiger partial charge in [0.1, 0.15) is 0 Å². The molecule has 16 heavy (non-hydrogen) atoms. The highest BCUT2D eigenvalue weighted by Gasteiger charge is 2.32. The fourth-order valence-corrected chi connectivity index (χ4v) is 3.45. The maximum atomic E-state index is 5.97. The number of ether oxygens (including phenoxy) is 1. The second kappa shape index (κ2) is 4.65. The highest BCUT2D eigenvalue weighted by Crippen LogP contribution is 2.39. The fraction of sp³-hybridized carbons (Fsp3) is 0.667. The molecule has 0 amide bonds. The van der Waals surface area contributed by atoms with E-state index in [1.807, 2.05) is 6.07 Å². The zero-order chi connectivity index (χ0) is 11.0. The van der Waals surface area contributed by atoms with Gasteiger partial charge in [0.05, 0.1) is 10.4 Å². The summed E-state index contributed by atoms with van der Waals surface area (Å²) in [7, 11) is 0. The van der Waals surface area contributed by atoms with Crippen LogP contribution in [0.2, 0.25) is 4.34 Å². The Hall–Kier alpha value is -0.0900. The summed E-state index contributed by atoms with van der Waals surface area (Å²) >= 11 is 7.62. The third-order valence-electron chi connectivity index (χ3n) is 3.33. The molecule has 1 N–H and O–H groups in total. The summed E-state index contributed by atoms with van der Waals surface area (Å²) in [6, 6.07) is 4.86. The minimum absolute atomic E-state index is 0.267. The van der Waals surface area contributed by atoms with E-state index in [0.29, 0.717) is 5.92 Å². The third kappa shape index (κ3) is 2.43. The van der Waals surface area contributed by atoms with Crippen LogP contribution in [0.15, 0.2) is 12.1 Å². The van der Waals surface area contributed by atoms with Crippen molar-refractivity contribution in [1.29, 1.82) is 0 Å². The molecule has 1 aliphatic carbocycles. The molecule has 2 fully saturated rings. The fourth-order valence-electron chi connectivity index (χ4n) is 2.24. The summed E-state index contributed by atoms with van der Waals surface area (Å²) < 4.78 is 6.69. The van der Waals surface area contributed by atoms with Gasteiger partial charge in [0.2, 0.25) is 0 Å². The molecule has 2 nitrogen and oxygen atoms in total. The van der Waals surface area contributed by atoms with E-state index < -0.39 is 0 Å². The quantitative estimate of drug-likeness (QED) is 0.894. The lowest BCUT2D eigenvalue weighted by molar-refractivity contribution is 0.0933. The van der Waals surface area contributed by atoms with Crippen LogP contribution >= 0.6 is 22.9 Å². The zero-order valence-corrected chi connectivity index (χ0v) is 10.7. The number of hydrogen-bond acceptors (Lipinski definition) is 3. The minimum atomic E-state index is 0.267. The van der Waals surface area contributed by atoms with Crippen LogP contribution in [0.3, 0.4) is 0 Å². The van der Waals surface area contributed by atoms with Gasteiger partial charge in [0.15, 0.2) is 0 Å². The number of nitrogens with one attached hydrogen (secondary N) is 1. The highest BCUT2D eigenvalue weighted by molar-refractivity contribution is 7.16. The summed E-state index contributed by atoms with van der Waals surface area (Å²) in [5, 5.41) is 3.60. The molecule has 0 spiro atoms. The maximum Gasteiger partial charge on any atom is 0.0958 e. The topological polar surface area (TPSA) is 21.3 Å². The lowest BCUT2D eigenvalue weighted by atomic mass is 10.0. The third-order valence-corrected chi connectivity index (χ3v) is 4.63. The number of hydrogen-bond donors (Lipinski definition) is 1. The summed E-state index contributed by atoms with van der Waals surface area (Å²) in [6.07, 6.45) is 4.13. The van der Waals surface area contributed by atoms with E-state index >= 15 is 0 Å². The van der Waals surface area contributed by atoms with Gasteiger partial charge in [-0.1, -0.05) is 11.6 Å². The highest BCUT2D eigenvalue weighted by atomic mass is 35.5. The first kappa shape index (κ1) is 11.0. The molecule has 1 saturated carbocycles. The van der Waals surface area contributed by atoms with E-state index in [0.717, 1.165) is 23.5 Å². The molecule has 2 heterocycles. The van der Waals surface area contributed by atoms with Crippen molar-refractivity contribution >= 4 is 22.9 Å². The standard InChI is InChI=1S/C12H16ClNOS/c13-11-4-3-10(16-11)12-8(5-6-15-12)7-14-9-1-2-9/h3-4,8-9,12,14H,1-2,5-7H2. The summed E-state index contributed by atoms with van der Waals surface area (Å²) in [4.78, 5) is 1.28. The molecule has 88 valence electrons. The first-order valence-corrected chi connectivity index (χ1v) is 7.12. The molecule has 4 heteroatoms. The largest absolute Gasteiger partial charge is 0.372 e. The molecule has 1 saturated heterocycles. The number of halogens is 1. The molecule has 0 aromatic carbocycles. The lowest BCUT2D eigenvalue weighted by Gasteiger charge is -2.17. The number of rotatable bonds is 4. The Bertz CT molecular complexity index is 364. The van der Waals surface area contributed by atoms with Crippen LogP contribution in [0.4, 0.5) is 0 Å². The average molecular weight is 258 g/mol. The smallest absolute Gasteiger partial charge is 0.0958 e. The predicted molar refractivity (Wildman–Crippen MR) is 67.2 cm³/mol. The Kier molecular flexibility index (Phi) is 3.20. The van der Waals surface area contributed by atoms with Crippen molar-refractivity contribution in [2.24, 2.45) is 5.92 Å². The van der Waals surface area contributed by atoms with E-state index in [4.69, 9.17) is 16.3 Å². The SMILES string of the molecule is Clc1ccc(C2OCCC2CNC2CC2)s1. The molecule has 0 bridgehead atoms. The van der Waals surface area contributed by atoms with Gasteiger partial charge >= 0.3 is 0 Å². The van der Waals surface area contributed by atoms with Gasteiger partial charge in [-0.2, -0.15) is 0 Å². The number of thiophene rings is 1. The van der Waals surface area contributed by atoms with Gasteiger partial charge in [-0.25, -0.2) is 0 Å². The second-order valence-corrected chi connectivity index (χ2v) is 6.41. The van der Waals surface area contributed by atoms with Gasteiger partial charge in [-0.15, -0.1) is 11.3 Å². The van der Waals surface area contributed by atoms with E-state index in [2.05, 4.69) is 11.4 Å². The van der Waals surface area contributed by atoms with Crippen molar-refractivity contribution < 1.29 is 4.74 Å². The molecule has 1 aromatic rings. The molecular weight excluding hydrogens is 242 g/mol. The second-order valence-electron chi connectivity index (χ2n) is 4.66. The van der Waals surface area contributed by atoms with E-state index in [-0.39, 0.29) is 6.10 Å². The lowest BCUT2D eigenvalue weighted by Crippen LogP contribution is -2.26. The van der Waals surface area contributed by atoms with Crippen molar-refractivity contribution in [3.8, 4) is 0 Å². The molecule has 1 aromatic heterocycles. The monoisotopic (exact) mass is 257 g/mol. The molecule has 2 unspecified atom stereocenters. The van der Waals surface area contributed by atoms with Crippen LogP contribution in [-0.2, 0) is 4.74 Å². The molecule has 1 aliphatic heterocycles. The van der Waals surface area contributed by atoms with Gasteiger partial charge in [0, 0.05) is 30.0 Å². The first-order valence-electron chi connectivity index (χ1n) is 5.93. The van der Waals surface area contributed by atoms with Crippen LogP contribution in [0.1, 0.15) is 30.2 Å². The molecule has 2 aliphatic rings. The van der Waals surface area contributed by atoms with Gasteiger partial charge in [-0.3, -0.25) is 0 Å². The van der Waals surface area contributed by atoms with Crippen molar-refractivity contribution in [3.05, 3.63) is 21.3 Å². The van der Waals surface area contributed by atoms with Gasteiger partial charge in [-0.05, 0) is 31.4 Å². The van der Waals surface area contributed by atoms with Crippen LogP contribution in [0, 0.1) is 5.92 Å². The Morgan fingerprint density at radius 1 is 1.38 bits per heavy atom. The van der Waals surface area contributed by atoms with Crippen molar-refractivity contribution in [1.82, 2.24) is 5.32 Å². The summed E-state index contributed by atoms with van der Waals surface area (Å²) in [5.41, 5.74) is 0. The Labute approximate surface area is 105 Å². The molecule has 3 rings (SSSR count). The molecule has 2 atom stereocenters. The Morgan fingerprint density at radius 2 is 2.25 bits per heavy atom. The minimum Gasteiger partial charge on any atom is -0.372 e. The van der Waals surface area contributed by atoms with E-state index in [1.165, 1.54) is 24.1 Å². The van der Waals surface area contributed by atoms with Crippen LogP contribution in [-0.4, -0.2) is 19.2 Å². The molecular formula is C12H16ClNOS. The summed E-state index contributed by atoms with van der Waals surface area (Å²) in [6.45, 7) is 1.97. The van der Waals surface area contributed by atoms with Crippen LogP contribution < -0.4 is 5.32 Å². The zero-order valence-electron chi connectivity index (χ0n) is 9.12. The van der Waals surface area contributed by atoms with Gasteiger partial charge in [0.25, 0.3) is 0 Å². The average Bonchev–Trinajstić information content (AvgIpc) is 2.82. The van der Waals surface area contributed by atoms with Crippen molar-refractivity contribution in [3.63, 3.8) is 0 Å². The maximum absolute atomic E-state index is 5.97. The predicted octanol–water partition coefficient (Wildman–Crippen LogP) is 3.23. The van der Waals surface area contributed by atoms with Crippen molar-refractivity contribution in [2.75, 3.05) is 13.2 Å². The van der Waals surface area contributed by atoms with Crippen molar-refractivity contribution in [2.45, 2.75) is 31.4 Å². The van der Waals surface area contributed by atoms with Crippen LogP contribution in [0.5, 0.6) is 0 Å². The molecule has 0 radical (unpaired) electrons. The Balaban J connectivity index is 1.63. The Morgan fingerprint density at radius 3 is 2.94 bits per heavy atom.